The number of aryl methyl sites for hydroxylation is 1. The summed E-state index contributed by atoms with van der Waals surface area (Å²) in [6.45, 7) is 3.74. The second kappa shape index (κ2) is 5.50. The van der Waals surface area contributed by atoms with Crippen molar-refractivity contribution in [2.45, 2.75) is 20.5 Å². The van der Waals surface area contributed by atoms with Crippen LogP contribution in [-0.4, -0.2) is 10.8 Å². The molecule has 1 aromatic heterocycles. The lowest BCUT2D eigenvalue weighted by molar-refractivity contribution is 0.102. The van der Waals surface area contributed by atoms with Crippen LogP contribution in [0.15, 0.2) is 24.3 Å². The number of hydrogen-bond donors (Lipinski definition) is 0. The van der Waals surface area contributed by atoms with Gasteiger partial charge in [0, 0.05) is 11.9 Å². The molecular weight excluding hydrogens is 270 g/mol. The Morgan fingerprint density at radius 2 is 2.06 bits per heavy atom. The highest BCUT2D eigenvalue weighted by molar-refractivity contribution is 7.13. The van der Waals surface area contributed by atoms with E-state index in [1.54, 1.807) is 31.2 Å². The maximum absolute atomic E-state index is 11.3. The van der Waals surface area contributed by atoms with Gasteiger partial charge in [-0.15, -0.1) is 11.3 Å². The van der Waals surface area contributed by atoms with Crippen molar-refractivity contribution in [3.05, 3.63) is 44.9 Å². The van der Waals surface area contributed by atoms with Crippen LogP contribution in [0, 0.1) is 6.92 Å². The van der Waals surface area contributed by atoms with Gasteiger partial charge in [-0.25, -0.2) is 4.98 Å². The van der Waals surface area contributed by atoms with Crippen molar-refractivity contribution in [2.75, 3.05) is 0 Å². The molecule has 5 heteroatoms. The third kappa shape index (κ3) is 3.09. The van der Waals surface area contributed by atoms with Gasteiger partial charge in [-0.1, -0.05) is 11.6 Å². The number of ether oxygens (including phenoxy) is 1. The minimum Gasteiger partial charge on any atom is -0.486 e. The molecule has 0 saturated carbocycles. The first-order valence-corrected chi connectivity index (χ1v) is 6.61. The molecular formula is C13H12ClNO2S. The topological polar surface area (TPSA) is 39.2 Å². The fraction of sp³-hybridized carbons (Fsp3) is 0.231. The molecule has 0 N–H and O–H groups in total. The van der Waals surface area contributed by atoms with Crippen LogP contribution < -0.4 is 4.74 Å². The molecule has 0 atom stereocenters. The van der Waals surface area contributed by atoms with Crippen molar-refractivity contribution in [3.8, 4) is 5.75 Å². The van der Waals surface area contributed by atoms with Gasteiger partial charge < -0.3 is 4.74 Å². The van der Waals surface area contributed by atoms with Gasteiger partial charge >= 0.3 is 0 Å². The lowest BCUT2D eigenvalue weighted by Crippen LogP contribution is -1.94. The molecule has 0 aliphatic carbocycles. The second-order valence-corrected chi connectivity index (χ2v) is 5.34. The molecule has 18 heavy (non-hydrogen) atoms. The summed E-state index contributed by atoms with van der Waals surface area (Å²) in [7, 11) is 0. The predicted molar refractivity (Wildman–Crippen MR) is 72.6 cm³/mol. The van der Waals surface area contributed by atoms with E-state index in [1.807, 2.05) is 6.92 Å². The lowest BCUT2D eigenvalue weighted by atomic mass is 10.3. The van der Waals surface area contributed by atoms with Crippen molar-refractivity contribution in [2.24, 2.45) is 0 Å². The zero-order valence-corrected chi connectivity index (χ0v) is 11.6. The molecule has 0 amide bonds. The first-order valence-electron chi connectivity index (χ1n) is 5.42. The number of thiazole rings is 1. The molecule has 0 aliphatic heterocycles. The van der Waals surface area contributed by atoms with Gasteiger partial charge in [-0.3, -0.25) is 4.79 Å². The maximum Gasteiger partial charge on any atom is 0.171 e. The van der Waals surface area contributed by atoms with E-state index in [0.29, 0.717) is 16.5 Å². The zero-order chi connectivity index (χ0) is 13.1. The average Bonchev–Trinajstić information content (AvgIpc) is 2.70. The quantitative estimate of drug-likeness (QED) is 0.798. The van der Waals surface area contributed by atoms with Crippen molar-refractivity contribution < 1.29 is 9.53 Å². The first kappa shape index (κ1) is 13.1. The van der Waals surface area contributed by atoms with Crippen molar-refractivity contribution in [3.63, 3.8) is 0 Å². The average molecular weight is 282 g/mol. The third-order valence-corrected chi connectivity index (χ3v) is 3.82. The van der Waals surface area contributed by atoms with Crippen molar-refractivity contribution in [1.29, 1.82) is 0 Å². The summed E-state index contributed by atoms with van der Waals surface area (Å²) in [4.78, 5) is 16.3. The Labute approximate surface area is 114 Å². The van der Waals surface area contributed by atoms with Gasteiger partial charge in [0.05, 0.1) is 10.6 Å². The van der Waals surface area contributed by atoms with E-state index in [2.05, 4.69) is 4.98 Å². The molecule has 1 aromatic carbocycles. The molecule has 1 heterocycles. The molecule has 0 radical (unpaired) electrons. The Hall–Kier alpha value is -1.39. The Morgan fingerprint density at radius 3 is 2.61 bits per heavy atom. The summed E-state index contributed by atoms with van der Waals surface area (Å²) in [5, 5.41) is 1.47. The van der Waals surface area contributed by atoms with E-state index in [0.717, 1.165) is 16.5 Å². The highest BCUT2D eigenvalue weighted by Crippen LogP contribution is 2.21. The highest BCUT2D eigenvalue weighted by Gasteiger charge is 2.11. The number of rotatable bonds is 4. The van der Waals surface area contributed by atoms with Crippen LogP contribution in [0.25, 0.3) is 0 Å². The molecule has 0 unspecified atom stereocenters. The summed E-state index contributed by atoms with van der Waals surface area (Å²) >= 11 is 7.16. The van der Waals surface area contributed by atoms with Gasteiger partial charge in [-0.05, 0) is 31.2 Å². The molecule has 3 nitrogen and oxygen atoms in total. The van der Waals surface area contributed by atoms with E-state index in [4.69, 9.17) is 16.3 Å². The zero-order valence-electron chi connectivity index (χ0n) is 10.1. The summed E-state index contributed by atoms with van der Waals surface area (Å²) in [5.41, 5.74) is 0.766. The van der Waals surface area contributed by atoms with Crippen LogP contribution in [0.3, 0.4) is 0 Å². The van der Waals surface area contributed by atoms with Gasteiger partial charge in [0.25, 0.3) is 0 Å². The second-order valence-electron chi connectivity index (χ2n) is 3.82. The van der Waals surface area contributed by atoms with Crippen molar-refractivity contribution >= 4 is 28.7 Å². The fourth-order valence-corrected chi connectivity index (χ4v) is 2.52. The van der Waals surface area contributed by atoms with Crippen LogP contribution in [0.5, 0.6) is 5.75 Å². The molecule has 2 rings (SSSR count). The van der Waals surface area contributed by atoms with Crippen LogP contribution in [0.4, 0.5) is 0 Å². The number of hydrogen-bond acceptors (Lipinski definition) is 4. The summed E-state index contributed by atoms with van der Waals surface area (Å²) < 4.78 is 5.57. The van der Waals surface area contributed by atoms with E-state index in [1.165, 1.54) is 11.3 Å². The minimum atomic E-state index is 0.0442. The minimum absolute atomic E-state index is 0.0442. The fourth-order valence-electron chi connectivity index (χ4n) is 1.52. The molecule has 94 valence electrons. The molecule has 0 bridgehead atoms. The Bertz CT molecular complexity index is 563. The van der Waals surface area contributed by atoms with Gasteiger partial charge in [0.2, 0.25) is 0 Å². The standard InChI is InChI=1S/C13H12ClNO2S/c1-8-13(9(2)16)18-12(15-8)7-17-11-5-3-10(14)4-6-11/h3-6H,7H2,1-2H3. The van der Waals surface area contributed by atoms with Crippen LogP contribution in [0.1, 0.15) is 27.3 Å². The molecule has 2 aromatic rings. The summed E-state index contributed by atoms with van der Waals surface area (Å²) in [5.74, 6) is 0.777. The number of nitrogens with zero attached hydrogens (tertiary/aromatic N) is 1. The SMILES string of the molecule is CC(=O)c1sc(COc2ccc(Cl)cc2)nc1C. The first-order chi connectivity index (χ1) is 8.56. The van der Waals surface area contributed by atoms with Crippen LogP contribution in [0.2, 0.25) is 5.02 Å². The smallest absolute Gasteiger partial charge is 0.171 e. The van der Waals surface area contributed by atoms with E-state index in [-0.39, 0.29) is 5.78 Å². The van der Waals surface area contributed by atoms with E-state index < -0.39 is 0 Å². The number of carbonyl (C=O) groups excluding carboxylic acids is 1. The van der Waals surface area contributed by atoms with Gasteiger partial charge in [0.1, 0.15) is 17.4 Å². The Kier molecular flexibility index (Phi) is 3.99. The van der Waals surface area contributed by atoms with Gasteiger partial charge in [0.15, 0.2) is 5.78 Å². The number of Topliss-reactive ketones (excluding diaryl/α,β-unsaturated/α-hetero) is 1. The molecule has 0 aliphatic rings. The molecule has 0 saturated heterocycles. The Balaban J connectivity index is 2.04. The van der Waals surface area contributed by atoms with Gasteiger partial charge in [-0.2, -0.15) is 0 Å². The highest BCUT2D eigenvalue weighted by atomic mass is 35.5. The maximum atomic E-state index is 11.3. The number of ketones is 1. The summed E-state index contributed by atoms with van der Waals surface area (Å²) in [6.07, 6.45) is 0. The largest absolute Gasteiger partial charge is 0.486 e. The Morgan fingerprint density at radius 1 is 1.39 bits per heavy atom. The molecule has 0 spiro atoms. The van der Waals surface area contributed by atoms with Crippen LogP contribution >= 0.6 is 22.9 Å². The van der Waals surface area contributed by atoms with Crippen LogP contribution in [-0.2, 0) is 6.61 Å². The molecule has 0 fully saturated rings. The number of benzene rings is 1. The van der Waals surface area contributed by atoms with E-state index in [9.17, 15) is 4.79 Å². The number of aromatic nitrogens is 1. The monoisotopic (exact) mass is 281 g/mol. The third-order valence-electron chi connectivity index (χ3n) is 2.34. The lowest BCUT2D eigenvalue weighted by Gasteiger charge is -2.03. The van der Waals surface area contributed by atoms with Crippen molar-refractivity contribution in [1.82, 2.24) is 4.98 Å². The number of halogens is 1. The summed E-state index contributed by atoms with van der Waals surface area (Å²) in [6, 6.07) is 7.14. The number of carbonyl (C=O) groups is 1. The normalized spacial score (nSPS) is 10.4. The van der Waals surface area contributed by atoms with E-state index >= 15 is 0 Å². The predicted octanol–water partition coefficient (Wildman–Crippen LogP) is 3.89.